The quantitative estimate of drug-likeness (QED) is 0.863. The number of rotatable bonds is 4. The average Bonchev–Trinajstić information content (AvgIpc) is 2.92. The minimum atomic E-state index is 0.261. The molecule has 21 heavy (non-hydrogen) atoms. The van der Waals surface area contributed by atoms with Gasteiger partial charge >= 0.3 is 0 Å². The van der Waals surface area contributed by atoms with E-state index in [1.165, 1.54) is 0 Å². The van der Waals surface area contributed by atoms with Gasteiger partial charge in [0.15, 0.2) is 11.5 Å². The van der Waals surface area contributed by atoms with Crippen molar-refractivity contribution in [3.05, 3.63) is 24.4 Å². The molecule has 3 rings (SSSR count). The first-order chi connectivity index (χ1) is 10.2. The van der Waals surface area contributed by atoms with Crippen molar-refractivity contribution < 1.29 is 9.47 Å². The molecular weight excluding hydrogens is 266 g/mol. The monoisotopic (exact) mass is 283 g/mol. The maximum absolute atomic E-state index is 8.85. The van der Waals surface area contributed by atoms with Crippen LogP contribution in [0.1, 0.15) is 20.3 Å². The Kier molecular flexibility index (Phi) is 3.53. The molecule has 0 bridgehead atoms. The number of benzene rings is 1. The van der Waals surface area contributed by atoms with Crippen molar-refractivity contribution in [3.8, 4) is 17.6 Å². The molecule has 0 atom stereocenters. The van der Waals surface area contributed by atoms with Gasteiger partial charge in [0.2, 0.25) is 6.79 Å². The highest BCUT2D eigenvalue weighted by Crippen LogP contribution is 2.38. The van der Waals surface area contributed by atoms with Gasteiger partial charge in [0.25, 0.3) is 0 Å². The fraction of sp³-hybridized carbons (Fsp3) is 0.375. The zero-order valence-corrected chi connectivity index (χ0v) is 12.2. The van der Waals surface area contributed by atoms with Crippen LogP contribution in [0.5, 0.6) is 11.5 Å². The van der Waals surface area contributed by atoms with Crippen molar-refractivity contribution in [3.63, 3.8) is 0 Å². The second kappa shape index (κ2) is 5.49. The lowest BCUT2D eigenvalue weighted by atomic mass is 10.1. The van der Waals surface area contributed by atoms with E-state index in [-0.39, 0.29) is 12.8 Å². The third-order valence-electron chi connectivity index (χ3n) is 3.60. The maximum Gasteiger partial charge on any atom is 0.231 e. The molecule has 5 nitrogen and oxygen atoms in total. The summed E-state index contributed by atoms with van der Waals surface area (Å²) in [6.07, 6.45) is 2.27. The zero-order valence-electron chi connectivity index (χ0n) is 12.2. The molecule has 108 valence electrons. The smallest absolute Gasteiger partial charge is 0.231 e. The van der Waals surface area contributed by atoms with Gasteiger partial charge < -0.3 is 14.4 Å². The molecule has 0 N–H and O–H groups in total. The van der Waals surface area contributed by atoms with E-state index in [1.54, 1.807) is 6.20 Å². The number of nitrogens with zero attached hydrogens (tertiary/aromatic N) is 3. The van der Waals surface area contributed by atoms with Crippen LogP contribution in [-0.4, -0.2) is 24.4 Å². The van der Waals surface area contributed by atoms with Crippen molar-refractivity contribution >= 4 is 16.6 Å². The standard InChI is InChI=1S/C16H17N3O2/c1-11(2)19(7-3-5-17)16-13-9-15-14(20-10-21-15)8-12(13)4-6-18-16/h4,6,8-9,11H,3,7,10H2,1-2H3. The third-order valence-corrected chi connectivity index (χ3v) is 3.60. The van der Waals surface area contributed by atoms with Crippen molar-refractivity contribution in [2.24, 2.45) is 0 Å². The minimum Gasteiger partial charge on any atom is -0.454 e. The van der Waals surface area contributed by atoms with Crippen LogP contribution in [0.3, 0.4) is 0 Å². The van der Waals surface area contributed by atoms with Crippen molar-refractivity contribution in [2.75, 3.05) is 18.2 Å². The minimum absolute atomic E-state index is 0.261. The predicted octanol–water partition coefficient (Wildman–Crippen LogP) is 3.09. The van der Waals surface area contributed by atoms with E-state index in [4.69, 9.17) is 14.7 Å². The van der Waals surface area contributed by atoms with E-state index in [0.717, 1.165) is 28.1 Å². The number of aromatic nitrogens is 1. The largest absolute Gasteiger partial charge is 0.454 e. The summed E-state index contributed by atoms with van der Waals surface area (Å²) < 4.78 is 10.9. The van der Waals surface area contributed by atoms with Gasteiger partial charge in [0, 0.05) is 24.2 Å². The van der Waals surface area contributed by atoms with Crippen molar-refractivity contribution in [1.82, 2.24) is 4.98 Å². The van der Waals surface area contributed by atoms with E-state index >= 15 is 0 Å². The third kappa shape index (κ3) is 2.45. The molecule has 2 heterocycles. The number of fused-ring (bicyclic) bond motifs is 2. The van der Waals surface area contributed by atoms with Gasteiger partial charge in [-0.2, -0.15) is 5.26 Å². The first kappa shape index (κ1) is 13.5. The SMILES string of the molecule is CC(C)N(CCC#N)c1nccc2cc3c(cc12)OCO3. The molecule has 5 heteroatoms. The summed E-state index contributed by atoms with van der Waals surface area (Å²) in [6, 6.07) is 8.38. The molecule has 0 aliphatic carbocycles. The maximum atomic E-state index is 8.85. The van der Waals surface area contributed by atoms with Crippen LogP contribution < -0.4 is 14.4 Å². The van der Waals surface area contributed by atoms with E-state index in [9.17, 15) is 0 Å². The number of hydrogen-bond acceptors (Lipinski definition) is 5. The van der Waals surface area contributed by atoms with Crippen molar-refractivity contribution in [2.45, 2.75) is 26.3 Å². The molecule has 0 amide bonds. The van der Waals surface area contributed by atoms with E-state index in [0.29, 0.717) is 13.0 Å². The Morgan fingerprint density at radius 2 is 2.10 bits per heavy atom. The lowest BCUT2D eigenvalue weighted by Crippen LogP contribution is -2.32. The molecule has 0 fully saturated rings. The first-order valence-electron chi connectivity index (χ1n) is 7.02. The van der Waals surface area contributed by atoms with Crippen LogP contribution in [0.4, 0.5) is 5.82 Å². The second-order valence-corrected chi connectivity index (χ2v) is 5.26. The normalized spacial score (nSPS) is 12.7. The van der Waals surface area contributed by atoms with Crippen LogP contribution in [0.25, 0.3) is 10.8 Å². The lowest BCUT2D eigenvalue weighted by Gasteiger charge is -2.28. The van der Waals surface area contributed by atoms with Crippen LogP contribution in [0.2, 0.25) is 0 Å². The zero-order chi connectivity index (χ0) is 14.8. The Bertz CT molecular complexity index is 706. The van der Waals surface area contributed by atoms with Crippen LogP contribution in [0, 0.1) is 11.3 Å². The Morgan fingerprint density at radius 1 is 1.33 bits per heavy atom. The molecule has 1 aliphatic heterocycles. The highest BCUT2D eigenvalue weighted by Gasteiger charge is 2.19. The number of hydrogen-bond donors (Lipinski definition) is 0. The molecule has 0 unspecified atom stereocenters. The molecule has 1 aromatic carbocycles. The number of nitriles is 1. The number of anilines is 1. The average molecular weight is 283 g/mol. The molecule has 2 aromatic rings. The Balaban J connectivity index is 2.11. The molecule has 0 saturated carbocycles. The summed E-state index contributed by atoms with van der Waals surface area (Å²) in [6.45, 7) is 5.13. The Hall–Kier alpha value is -2.48. The van der Waals surface area contributed by atoms with E-state index in [1.807, 2.05) is 18.2 Å². The first-order valence-corrected chi connectivity index (χ1v) is 7.02. The second-order valence-electron chi connectivity index (χ2n) is 5.26. The van der Waals surface area contributed by atoms with Crippen LogP contribution in [-0.2, 0) is 0 Å². The summed E-state index contributed by atoms with van der Waals surface area (Å²) in [5.74, 6) is 2.41. The van der Waals surface area contributed by atoms with Gasteiger partial charge in [-0.05, 0) is 37.4 Å². The molecule has 1 aliphatic rings. The molecular formula is C16H17N3O2. The number of ether oxygens (including phenoxy) is 2. The highest BCUT2D eigenvalue weighted by atomic mass is 16.7. The highest BCUT2D eigenvalue weighted by molar-refractivity contribution is 5.94. The van der Waals surface area contributed by atoms with Crippen LogP contribution in [0.15, 0.2) is 24.4 Å². The van der Waals surface area contributed by atoms with Crippen molar-refractivity contribution in [1.29, 1.82) is 5.26 Å². The topological polar surface area (TPSA) is 58.4 Å². The molecule has 0 saturated heterocycles. The van der Waals surface area contributed by atoms with Gasteiger partial charge in [-0.3, -0.25) is 0 Å². The molecule has 1 aromatic heterocycles. The summed E-state index contributed by atoms with van der Waals surface area (Å²) in [5.41, 5.74) is 0. The number of pyridine rings is 1. The molecule has 0 radical (unpaired) electrons. The van der Waals surface area contributed by atoms with Gasteiger partial charge in [0.1, 0.15) is 5.82 Å². The Labute approximate surface area is 123 Å². The summed E-state index contributed by atoms with van der Waals surface area (Å²) in [5, 5.41) is 10.9. The van der Waals surface area contributed by atoms with Gasteiger partial charge in [-0.15, -0.1) is 0 Å². The van der Waals surface area contributed by atoms with Gasteiger partial charge in [-0.1, -0.05) is 0 Å². The van der Waals surface area contributed by atoms with Gasteiger partial charge in [0.05, 0.1) is 12.5 Å². The van der Waals surface area contributed by atoms with E-state index < -0.39 is 0 Å². The molecule has 0 spiro atoms. The Morgan fingerprint density at radius 3 is 2.81 bits per heavy atom. The summed E-state index contributed by atoms with van der Waals surface area (Å²) in [4.78, 5) is 6.67. The van der Waals surface area contributed by atoms with E-state index in [2.05, 4.69) is 29.8 Å². The lowest BCUT2D eigenvalue weighted by molar-refractivity contribution is 0.174. The fourth-order valence-corrected chi connectivity index (χ4v) is 2.55. The summed E-state index contributed by atoms with van der Waals surface area (Å²) in [7, 11) is 0. The predicted molar refractivity (Wildman–Crippen MR) is 80.6 cm³/mol. The van der Waals surface area contributed by atoms with Gasteiger partial charge in [-0.25, -0.2) is 4.98 Å². The summed E-state index contributed by atoms with van der Waals surface area (Å²) >= 11 is 0. The fourth-order valence-electron chi connectivity index (χ4n) is 2.55. The van der Waals surface area contributed by atoms with Crippen LogP contribution >= 0.6 is 0 Å².